The summed E-state index contributed by atoms with van der Waals surface area (Å²) in [5, 5.41) is 6.53. The molecule has 0 amide bonds. The van der Waals surface area contributed by atoms with Crippen molar-refractivity contribution in [3.63, 3.8) is 0 Å². The summed E-state index contributed by atoms with van der Waals surface area (Å²) in [6.07, 6.45) is -0.331. The third-order valence-corrected chi connectivity index (χ3v) is 2.56. The molecule has 100 valence electrons. The first-order valence-electron chi connectivity index (χ1n) is 5.44. The molecule has 0 heterocycles. The second-order valence-electron chi connectivity index (χ2n) is 3.44. The molecule has 0 bridgehead atoms. The molecule has 18 heavy (non-hydrogen) atoms. The van der Waals surface area contributed by atoms with Crippen molar-refractivity contribution in [2.75, 3.05) is 33.2 Å². The third-order valence-electron chi connectivity index (χ3n) is 2.31. The van der Waals surface area contributed by atoms with E-state index in [4.69, 9.17) is 26.4 Å². The van der Waals surface area contributed by atoms with Gasteiger partial charge >= 0.3 is 0 Å². The fourth-order valence-corrected chi connectivity index (χ4v) is 1.55. The van der Waals surface area contributed by atoms with Crippen molar-refractivity contribution >= 4 is 23.0 Å². The highest BCUT2D eigenvalue weighted by Crippen LogP contribution is 2.22. The highest BCUT2D eigenvalue weighted by Gasteiger charge is 2.07. The molecule has 1 aromatic carbocycles. The number of methoxy groups -OCH3 is 3. The van der Waals surface area contributed by atoms with Crippen LogP contribution in [0.25, 0.3) is 0 Å². The molecular weight excluding hydrogens is 252 g/mol. The Morgan fingerprint density at radius 3 is 2.50 bits per heavy atom. The Kier molecular flexibility index (Phi) is 6.42. The number of anilines is 1. The van der Waals surface area contributed by atoms with Crippen molar-refractivity contribution in [2.24, 2.45) is 0 Å². The van der Waals surface area contributed by atoms with Gasteiger partial charge in [-0.2, -0.15) is 0 Å². The molecule has 2 N–H and O–H groups in total. The van der Waals surface area contributed by atoms with E-state index < -0.39 is 0 Å². The van der Waals surface area contributed by atoms with Crippen LogP contribution in [0, 0.1) is 0 Å². The van der Waals surface area contributed by atoms with Crippen LogP contribution < -0.4 is 15.4 Å². The lowest BCUT2D eigenvalue weighted by Crippen LogP contribution is -2.36. The Morgan fingerprint density at radius 2 is 1.89 bits per heavy atom. The molecule has 0 saturated heterocycles. The van der Waals surface area contributed by atoms with Gasteiger partial charge in [-0.1, -0.05) is 12.1 Å². The quantitative estimate of drug-likeness (QED) is 0.605. The van der Waals surface area contributed by atoms with Crippen molar-refractivity contribution in [1.29, 1.82) is 0 Å². The molecule has 0 saturated carbocycles. The van der Waals surface area contributed by atoms with Gasteiger partial charge in [0.25, 0.3) is 0 Å². The van der Waals surface area contributed by atoms with E-state index >= 15 is 0 Å². The van der Waals surface area contributed by atoms with Crippen LogP contribution in [0.3, 0.4) is 0 Å². The van der Waals surface area contributed by atoms with E-state index in [0.29, 0.717) is 11.7 Å². The van der Waals surface area contributed by atoms with Crippen LogP contribution in [0.5, 0.6) is 5.75 Å². The van der Waals surface area contributed by atoms with E-state index in [1.807, 2.05) is 24.3 Å². The number of thiocarbonyl (C=S) groups is 1. The number of para-hydroxylation sites is 2. The van der Waals surface area contributed by atoms with Crippen molar-refractivity contribution in [1.82, 2.24) is 5.32 Å². The molecule has 0 aromatic heterocycles. The van der Waals surface area contributed by atoms with E-state index in [1.165, 1.54) is 0 Å². The Hall–Kier alpha value is -1.37. The molecule has 0 fully saturated rings. The second kappa shape index (κ2) is 7.86. The smallest absolute Gasteiger partial charge is 0.174 e. The zero-order valence-electron chi connectivity index (χ0n) is 10.7. The standard InChI is InChI=1S/C12H18N2O3S/c1-15-10-7-5-4-6-9(10)14-12(18)13-8-11(16-2)17-3/h4-7,11H,8H2,1-3H3,(H2,13,14,18). The summed E-state index contributed by atoms with van der Waals surface area (Å²) in [7, 11) is 4.77. The number of benzene rings is 1. The summed E-state index contributed by atoms with van der Waals surface area (Å²) < 4.78 is 15.3. The number of ether oxygens (including phenoxy) is 3. The van der Waals surface area contributed by atoms with Crippen molar-refractivity contribution < 1.29 is 14.2 Å². The maximum atomic E-state index is 5.21. The number of hydrogen-bond donors (Lipinski definition) is 2. The van der Waals surface area contributed by atoms with Gasteiger partial charge in [-0.25, -0.2) is 0 Å². The number of rotatable bonds is 6. The fourth-order valence-electron chi connectivity index (χ4n) is 1.35. The maximum absolute atomic E-state index is 5.21. The molecule has 0 spiro atoms. The first kappa shape index (κ1) is 14.7. The van der Waals surface area contributed by atoms with Crippen LogP contribution in [-0.4, -0.2) is 39.3 Å². The third kappa shape index (κ3) is 4.48. The molecule has 0 unspecified atom stereocenters. The van der Waals surface area contributed by atoms with Gasteiger partial charge < -0.3 is 24.8 Å². The summed E-state index contributed by atoms with van der Waals surface area (Å²) >= 11 is 5.17. The molecule has 0 aliphatic carbocycles. The predicted octanol–water partition coefficient (Wildman–Crippen LogP) is 1.60. The Bertz CT molecular complexity index is 383. The monoisotopic (exact) mass is 270 g/mol. The molecule has 0 atom stereocenters. The second-order valence-corrected chi connectivity index (χ2v) is 3.84. The van der Waals surface area contributed by atoms with Gasteiger partial charge in [-0.15, -0.1) is 0 Å². The SMILES string of the molecule is COc1ccccc1NC(=S)NCC(OC)OC. The minimum atomic E-state index is -0.331. The van der Waals surface area contributed by atoms with Crippen LogP contribution >= 0.6 is 12.2 Å². The Balaban J connectivity index is 2.49. The van der Waals surface area contributed by atoms with Crippen LogP contribution in [0.4, 0.5) is 5.69 Å². The normalized spacial score (nSPS) is 10.2. The van der Waals surface area contributed by atoms with E-state index in [0.717, 1.165) is 11.4 Å². The van der Waals surface area contributed by atoms with Crippen LogP contribution in [0.15, 0.2) is 24.3 Å². The Labute approximate surface area is 112 Å². The Morgan fingerprint density at radius 1 is 1.22 bits per heavy atom. The largest absolute Gasteiger partial charge is 0.495 e. The molecular formula is C12H18N2O3S. The molecule has 6 heteroatoms. The highest BCUT2D eigenvalue weighted by atomic mass is 32.1. The number of nitrogens with one attached hydrogen (secondary N) is 2. The zero-order chi connectivity index (χ0) is 13.4. The molecule has 0 aliphatic heterocycles. The van der Waals surface area contributed by atoms with Gasteiger partial charge in [0.1, 0.15) is 5.75 Å². The van der Waals surface area contributed by atoms with Crippen molar-refractivity contribution in [3.8, 4) is 5.75 Å². The minimum absolute atomic E-state index is 0.331. The van der Waals surface area contributed by atoms with Gasteiger partial charge in [-0.05, 0) is 24.4 Å². The first-order valence-corrected chi connectivity index (χ1v) is 5.85. The van der Waals surface area contributed by atoms with Crippen molar-refractivity contribution in [3.05, 3.63) is 24.3 Å². The van der Waals surface area contributed by atoms with E-state index in [9.17, 15) is 0 Å². The van der Waals surface area contributed by atoms with Gasteiger partial charge in [0.05, 0.1) is 19.3 Å². The van der Waals surface area contributed by atoms with Gasteiger partial charge in [-0.3, -0.25) is 0 Å². The molecule has 0 radical (unpaired) electrons. The van der Waals surface area contributed by atoms with E-state index in [-0.39, 0.29) is 6.29 Å². The first-order chi connectivity index (χ1) is 8.71. The molecule has 1 aromatic rings. The summed E-state index contributed by atoms with van der Waals surface area (Å²) in [6, 6.07) is 7.54. The number of hydrogen-bond acceptors (Lipinski definition) is 4. The molecule has 5 nitrogen and oxygen atoms in total. The molecule has 0 aliphatic rings. The zero-order valence-corrected chi connectivity index (χ0v) is 11.5. The van der Waals surface area contributed by atoms with Crippen LogP contribution in [0.1, 0.15) is 0 Å². The summed E-state index contributed by atoms with van der Waals surface area (Å²) in [4.78, 5) is 0. The topological polar surface area (TPSA) is 51.8 Å². The average Bonchev–Trinajstić information content (AvgIpc) is 2.40. The summed E-state index contributed by atoms with van der Waals surface area (Å²) in [5.41, 5.74) is 0.809. The van der Waals surface area contributed by atoms with Crippen LogP contribution in [0.2, 0.25) is 0 Å². The van der Waals surface area contributed by atoms with Gasteiger partial charge in [0.15, 0.2) is 11.4 Å². The lowest BCUT2D eigenvalue weighted by Gasteiger charge is -2.17. The predicted molar refractivity (Wildman–Crippen MR) is 75.0 cm³/mol. The van der Waals surface area contributed by atoms with E-state index in [2.05, 4.69) is 10.6 Å². The fraction of sp³-hybridized carbons (Fsp3) is 0.417. The minimum Gasteiger partial charge on any atom is -0.495 e. The molecule has 1 rings (SSSR count). The average molecular weight is 270 g/mol. The summed E-state index contributed by atoms with van der Waals surface area (Å²) in [5.74, 6) is 0.733. The van der Waals surface area contributed by atoms with Crippen LogP contribution in [-0.2, 0) is 9.47 Å². The maximum Gasteiger partial charge on any atom is 0.174 e. The van der Waals surface area contributed by atoms with Gasteiger partial charge in [0.2, 0.25) is 0 Å². The van der Waals surface area contributed by atoms with E-state index in [1.54, 1.807) is 21.3 Å². The van der Waals surface area contributed by atoms with Crippen molar-refractivity contribution in [2.45, 2.75) is 6.29 Å². The lowest BCUT2D eigenvalue weighted by molar-refractivity contribution is -0.0964. The lowest BCUT2D eigenvalue weighted by atomic mass is 10.3. The van der Waals surface area contributed by atoms with Gasteiger partial charge in [0, 0.05) is 14.2 Å². The summed E-state index contributed by atoms with van der Waals surface area (Å²) in [6.45, 7) is 0.466. The highest BCUT2D eigenvalue weighted by molar-refractivity contribution is 7.80.